The summed E-state index contributed by atoms with van der Waals surface area (Å²) in [7, 11) is 0. The maximum atomic E-state index is 13.9. The van der Waals surface area contributed by atoms with Crippen LogP contribution >= 0.6 is 0 Å². The highest BCUT2D eigenvalue weighted by Crippen LogP contribution is 2.30. The summed E-state index contributed by atoms with van der Waals surface area (Å²) in [5, 5.41) is 7.81. The van der Waals surface area contributed by atoms with Crippen molar-refractivity contribution in [3.05, 3.63) is 194 Å². The molecule has 3 amide bonds. The first kappa shape index (κ1) is 69.2. The molecule has 0 aliphatic rings. The van der Waals surface area contributed by atoms with Crippen LogP contribution in [0.25, 0.3) is 16.9 Å². The Labute approximate surface area is 516 Å². The summed E-state index contributed by atoms with van der Waals surface area (Å²) in [5.41, 5.74) is 17.5. The number of carbonyl (C=O) groups is 3. The van der Waals surface area contributed by atoms with Crippen molar-refractivity contribution in [2.75, 3.05) is 39.7 Å². The van der Waals surface area contributed by atoms with Crippen molar-refractivity contribution in [1.29, 1.82) is 0 Å². The molecule has 0 aliphatic carbocycles. The zero-order chi connectivity index (χ0) is 67.0. The van der Waals surface area contributed by atoms with E-state index in [4.69, 9.17) is 31.4 Å². The molecule has 0 radical (unpaired) electrons. The van der Waals surface area contributed by atoms with E-state index in [9.17, 15) is 58.3 Å². The minimum Gasteiger partial charge on any atom is -0.485 e. The Morgan fingerprint density at radius 1 is 0.440 bits per heavy atom. The molecule has 18 nitrogen and oxygen atoms in total. The molecule has 0 bridgehead atoms. The molecule has 0 fully saturated rings. The van der Waals surface area contributed by atoms with E-state index in [1.165, 1.54) is 46.1 Å². The molecule has 0 saturated carbocycles. The summed E-state index contributed by atoms with van der Waals surface area (Å²) in [6.45, 7) is 10.8. The number of aryl methyl sites for hydroxylation is 6. The van der Waals surface area contributed by atoms with Crippen molar-refractivity contribution >= 4 is 34.7 Å². The third kappa shape index (κ3) is 16.6. The first-order valence-corrected chi connectivity index (χ1v) is 28.0. The van der Waals surface area contributed by atoms with Gasteiger partial charge in [-0.3, -0.25) is 27.6 Å². The van der Waals surface area contributed by atoms with Crippen LogP contribution in [0.4, 0.5) is 43.9 Å². The van der Waals surface area contributed by atoms with Gasteiger partial charge < -0.3 is 47.4 Å². The lowest BCUT2D eigenvalue weighted by molar-refractivity contribution is 0.0927. The Kier molecular flexibility index (Phi) is 21.8. The van der Waals surface area contributed by atoms with Gasteiger partial charge in [0.15, 0.2) is 45.8 Å². The predicted octanol–water partition coefficient (Wildman–Crippen LogP) is 9.81. The highest BCUT2D eigenvalue weighted by Gasteiger charge is 2.28. The minimum atomic E-state index is -1.33. The number of nitrogens with one attached hydrogen (secondary N) is 3. The molecule has 486 valence electrons. The third-order valence-electron chi connectivity index (χ3n) is 13.9. The van der Waals surface area contributed by atoms with Gasteiger partial charge in [-0.2, -0.15) is 0 Å². The van der Waals surface area contributed by atoms with Gasteiger partial charge in [0.05, 0.1) is 50.4 Å². The number of hydrogen-bond acceptors (Lipinski definition) is 12. The average molecular weight is 1280 g/mol. The Morgan fingerprint density at radius 2 is 0.703 bits per heavy atom. The number of halogens is 10. The normalized spacial score (nSPS) is 13.3. The van der Waals surface area contributed by atoms with Crippen molar-refractivity contribution in [2.45, 2.75) is 98.8 Å². The van der Waals surface area contributed by atoms with Crippen molar-refractivity contribution in [2.24, 2.45) is 17.2 Å². The third-order valence-corrected chi connectivity index (χ3v) is 13.9. The van der Waals surface area contributed by atoms with Crippen LogP contribution in [-0.4, -0.2) is 102 Å². The minimum absolute atomic E-state index is 0.0588. The number of benzene rings is 3. The van der Waals surface area contributed by atoms with E-state index in [2.05, 4.69) is 30.9 Å². The Morgan fingerprint density at radius 3 is 0.989 bits per heavy atom. The number of carbonyl (C=O) groups excluding carboxylic acids is 3. The fourth-order valence-electron chi connectivity index (χ4n) is 8.94. The molecular weight excluding hydrogens is 1210 g/mol. The van der Waals surface area contributed by atoms with E-state index in [0.717, 1.165) is 41.5 Å². The highest BCUT2D eigenvalue weighted by atomic mass is 19.2. The van der Waals surface area contributed by atoms with Gasteiger partial charge in [0, 0.05) is 38.2 Å². The first-order chi connectivity index (χ1) is 42.8. The van der Waals surface area contributed by atoms with Gasteiger partial charge in [0.25, 0.3) is 17.7 Å². The molecule has 0 spiro atoms. The lowest BCUT2D eigenvalue weighted by Crippen LogP contribution is -2.49. The van der Waals surface area contributed by atoms with E-state index in [1.807, 2.05) is 0 Å². The monoisotopic (exact) mass is 1280 g/mol. The quantitative estimate of drug-likeness (QED) is 0.0291. The number of imidazole rings is 3. The van der Waals surface area contributed by atoms with E-state index < -0.39 is 107 Å². The fraction of sp³-hybridized carbons (Fsp3) is 0.333. The molecule has 6 aromatic heterocycles. The molecular formula is C63H68F10N12O6. The molecule has 28 heteroatoms. The zero-order valence-corrected chi connectivity index (χ0v) is 51.1. The second-order valence-electron chi connectivity index (χ2n) is 22.9. The molecule has 9 N–H and O–H groups in total. The second kappa shape index (κ2) is 28.7. The van der Waals surface area contributed by atoms with Crippen LogP contribution in [0.5, 0.6) is 17.2 Å². The van der Waals surface area contributed by atoms with Crippen LogP contribution in [0.3, 0.4) is 0 Å². The summed E-state index contributed by atoms with van der Waals surface area (Å²) in [6, 6.07) is 13.6. The van der Waals surface area contributed by atoms with Crippen LogP contribution in [0.1, 0.15) is 103 Å². The lowest BCUT2D eigenvalue weighted by Gasteiger charge is -2.20. The predicted molar refractivity (Wildman–Crippen MR) is 319 cm³/mol. The number of nitrogens with zero attached hydrogens (tertiary/aromatic N) is 6. The number of ether oxygens (including phenoxy) is 3. The van der Waals surface area contributed by atoms with Crippen molar-refractivity contribution in [3.63, 3.8) is 0 Å². The summed E-state index contributed by atoms with van der Waals surface area (Å²) in [5.74, 6) is -7.08. The summed E-state index contributed by atoms with van der Waals surface area (Å²) >= 11 is 0. The molecule has 3 atom stereocenters. The zero-order valence-electron chi connectivity index (χ0n) is 51.1. The van der Waals surface area contributed by atoms with Crippen LogP contribution in [0, 0.1) is 82.3 Å². The average Bonchev–Trinajstić information content (AvgIpc) is 1.67. The SMILES string of the molecule is Cc1cc(OCc2c(F)ccc(F)c2F)c2nc(C)c(C(=O)NCC(C)(N)CF)n2c1.Cc1cc(OCc2c(F)cccc2F)c2nc(C)c(C(=O)NCC(C)(N)CF)n2c1.Cc1cc(OCc2c(F)cccc2F)c2nc(C)c(C(=O)NCC(C)(N)CF)n2c1. The van der Waals surface area contributed by atoms with Crippen LogP contribution in [0.2, 0.25) is 0 Å². The lowest BCUT2D eigenvalue weighted by atomic mass is 10.1. The Balaban J connectivity index is 0.000000194. The molecule has 0 aliphatic heterocycles. The number of nitrogens with two attached hydrogens (primary N) is 3. The molecule has 3 aromatic carbocycles. The summed E-state index contributed by atoms with van der Waals surface area (Å²) in [6.07, 6.45) is 5.02. The van der Waals surface area contributed by atoms with E-state index >= 15 is 0 Å². The topological polar surface area (TPSA) is 245 Å². The first-order valence-electron chi connectivity index (χ1n) is 28.0. The second-order valence-corrected chi connectivity index (χ2v) is 22.9. The molecule has 3 unspecified atom stereocenters. The Bertz CT molecular complexity index is 3960. The molecule has 91 heavy (non-hydrogen) atoms. The molecule has 0 saturated heterocycles. The van der Waals surface area contributed by atoms with Gasteiger partial charge in [-0.15, -0.1) is 0 Å². The molecule has 9 aromatic rings. The number of alkyl halides is 3. The van der Waals surface area contributed by atoms with Gasteiger partial charge in [-0.05, 0) is 134 Å². The fourth-order valence-corrected chi connectivity index (χ4v) is 8.94. The van der Waals surface area contributed by atoms with E-state index in [1.54, 1.807) is 78.3 Å². The van der Waals surface area contributed by atoms with Crippen LogP contribution in [-0.2, 0) is 19.8 Å². The number of amides is 3. The van der Waals surface area contributed by atoms with E-state index in [-0.39, 0.29) is 84.0 Å². The highest BCUT2D eigenvalue weighted by molar-refractivity contribution is 5.96. The van der Waals surface area contributed by atoms with Gasteiger partial charge in [0.2, 0.25) is 0 Å². The van der Waals surface area contributed by atoms with Crippen molar-refractivity contribution in [1.82, 2.24) is 44.1 Å². The van der Waals surface area contributed by atoms with Gasteiger partial charge in [0.1, 0.15) is 86.0 Å². The maximum Gasteiger partial charge on any atom is 0.270 e. The number of rotatable bonds is 21. The van der Waals surface area contributed by atoms with Crippen LogP contribution < -0.4 is 47.4 Å². The van der Waals surface area contributed by atoms with Gasteiger partial charge >= 0.3 is 0 Å². The number of pyridine rings is 3. The largest absolute Gasteiger partial charge is 0.485 e. The summed E-state index contributed by atoms with van der Waals surface area (Å²) in [4.78, 5) is 51.2. The molecule has 6 heterocycles. The van der Waals surface area contributed by atoms with Gasteiger partial charge in [-0.25, -0.2) is 58.9 Å². The van der Waals surface area contributed by atoms with Gasteiger partial charge in [-0.1, -0.05) is 12.1 Å². The van der Waals surface area contributed by atoms with Crippen molar-refractivity contribution in [3.8, 4) is 17.2 Å². The Hall–Kier alpha value is -9.28. The van der Waals surface area contributed by atoms with E-state index in [0.29, 0.717) is 40.0 Å². The standard InChI is InChI=1S/C21H22F4N4O2.2C21H23F3N4O2/c1-11-6-16(31-8-13-14(23)4-5-15(24)17(13)25)19-28-12(2)18(29(19)7-11)20(30)27-10-21(3,26)9-22;2*1-12-7-17(30-9-14-15(23)5-4-6-16(14)24)19-27-13(2)18(28(19)8-12)20(29)26-11-21(3,25)10-22/h4-7H,8-10,26H2,1-3H3,(H,27,30);2*4-8H,9-11,25H2,1-3H3,(H,26,29). The van der Waals surface area contributed by atoms with Crippen LogP contribution in [0.15, 0.2) is 85.3 Å². The molecule has 9 rings (SSSR count). The number of aromatic nitrogens is 6. The van der Waals surface area contributed by atoms with Crippen molar-refractivity contribution < 1.29 is 72.5 Å². The number of fused-ring (bicyclic) bond motifs is 3. The maximum absolute atomic E-state index is 13.9. The smallest absolute Gasteiger partial charge is 0.270 e. The summed E-state index contributed by atoms with van der Waals surface area (Å²) < 4.78 is 157. The number of hydrogen-bond donors (Lipinski definition) is 6.